The fourth-order valence-corrected chi connectivity index (χ4v) is 3.78. The van der Waals surface area contributed by atoms with E-state index in [0.29, 0.717) is 11.8 Å². The van der Waals surface area contributed by atoms with Crippen LogP contribution in [0.2, 0.25) is 0 Å². The Morgan fingerprint density at radius 2 is 1.88 bits per heavy atom. The van der Waals surface area contributed by atoms with Crippen LogP contribution in [0.4, 0.5) is 10.7 Å². The Labute approximate surface area is 192 Å². The minimum Gasteiger partial charge on any atom is -0.465 e. The molecular weight excluding hydrogens is 428 g/mol. The lowest BCUT2D eigenvalue weighted by molar-refractivity contribution is 0.0487. The number of anilines is 1. The quantitative estimate of drug-likeness (QED) is 0.494. The second-order valence-electron chi connectivity index (χ2n) is 8.96. The molecule has 0 aromatic carbocycles. The predicted octanol–water partition coefficient (Wildman–Crippen LogP) is 2.72. The van der Waals surface area contributed by atoms with E-state index in [1.54, 1.807) is 44.9 Å². The Bertz CT molecular complexity index is 1030. The number of methoxy groups -OCH3 is 1. The van der Waals surface area contributed by atoms with E-state index < -0.39 is 17.7 Å². The molecule has 1 aliphatic rings. The summed E-state index contributed by atoms with van der Waals surface area (Å²) in [6.45, 7) is 5.42. The summed E-state index contributed by atoms with van der Waals surface area (Å²) in [5.74, 6) is -0.545. The highest BCUT2D eigenvalue weighted by Gasteiger charge is 2.30. The van der Waals surface area contributed by atoms with Crippen LogP contribution in [0, 0.1) is 0 Å². The molecule has 33 heavy (non-hydrogen) atoms. The summed E-state index contributed by atoms with van der Waals surface area (Å²) in [5.41, 5.74) is 0.0516. The van der Waals surface area contributed by atoms with E-state index >= 15 is 0 Å². The van der Waals surface area contributed by atoms with Gasteiger partial charge in [0.2, 0.25) is 5.95 Å². The van der Waals surface area contributed by atoms with Crippen LogP contribution in [0.15, 0.2) is 12.4 Å². The summed E-state index contributed by atoms with van der Waals surface area (Å²) in [6, 6.07) is -0.393. The van der Waals surface area contributed by atoms with Crippen molar-refractivity contribution in [2.24, 2.45) is 7.05 Å². The van der Waals surface area contributed by atoms with Crippen molar-refractivity contribution in [3.05, 3.63) is 23.7 Å². The second kappa shape index (κ2) is 9.97. The summed E-state index contributed by atoms with van der Waals surface area (Å²) >= 11 is 0. The van der Waals surface area contributed by atoms with Gasteiger partial charge in [0.15, 0.2) is 6.29 Å². The largest absolute Gasteiger partial charge is 0.465 e. The van der Waals surface area contributed by atoms with Crippen molar-refractivity contribution < 1.29 is 23.9 Å². The summed E-state index contributed by atoms with van der Waals surface area (Å²) in [6.07, 6.45) is 6.67. The topological polar surface area (TPSA) is 137 Å². The lowest BCUT2D eigenvalue weighted by Crippen LogP contribution is -2.50. The Balaban J connectivity index is 1.92. The molecular formula is C22H30N6O5. The molecule has 1 saturated carbocycles. The zero-order valence-electron chi connectivity index (χ0n) is 19.5. The first-order valence-electron chi connectivity index (χ1n) is 10.8. The fraction of sp³-hybridized carbons (Fsp3) is 0.545. The van der Waals surface area contributed by atoms with Crippen LogP contribution in [0.1, 0.15) is 67.3 Å². The minimum absolute atomic E-state index is 0.0295. The van der Waals surface area contributed by atoms with Crippen LogP contribution in [0.3, 0.4) is 0 Å². The van der Waals surface area contributed by atoms with Gasteiger partial charge in [-0.05, 0) is 33.6 Å². The van der Waals surface area contributed by atoms with E-state index in [4.69, 9.17) is 9.47 Å². The molecule has 11 nitrogen and oxygen atoms in total. The van der Waals surface area contributed by atoms with Crippen LogP contribution >= 0.6 is 0 Å². The Morgan fingerprint density at radius 3 is 2.45 bits per heavy atom. The Kier molecular flexibility index (Phi) is 7.29. The average molecular weight is 459 g/mol. The number of carbonyl (C=O) groups is 3. The summed E-state index contributed by atoms with van der Waals surface area (Å²) in [7, 11) is 2.96. The molecule has 1 amide bonds. The standard InChI is InChI=1S/C22H30N6O5/c1-22(2,3)33-21(31)26-15-9-7-6-8-14(15)24-20-25-16(12-29)17(19(30)32-5)18(27-20)13-10-23-28(4)11-13/h10-12,14-15H,6-9H2,1-5H3,(H,26,31)(H,24,25,27)/t14-,15-/m1/s1. The highest BCUT2D eigenvalue weighted by molar-refractivity contribution is 6.02. The smallest absolute Gasteiger partial charge is 0.407 e. The lowest BCUT2D eigenvalue weighted by Gasteiger charge is -2.33. The maximum absolute atomic E-state index is 12.4. The Morgan fingerprint density at radius 1 is 1.18 bits per heavy atom. The molecule has 0 spiro atoms. The number of hydrogen-bond donors (Lipinski definition) is 2. The van der Waals surface area contributed by atoms with Gasteiger partial charge in [-0.15, -0.1) is 0 Å². The maximum Gasteiger partial charge on any atom is 0.407 e. The number of rotatable bonds is 6. The number of aromatic nitrogens is 4. The molecule has 0 bridgehead atoms. The van der Waals surface area contributed by atoms with Crippen LogP contribution in [-0.4, -0.2) is 62.9 Å². The first kappa shape index (κ1) is 24.1. The van der Waals surface area contributed by atoms with Gasteiger partial charge in [-0.1, -0.05) is 12.8 Å². The maximum atomic E-state index is 12.4. The molecule has 2 N–H and O–H groups in total. The molecule has 2 aromatic rings. The van der Waals surface area contributed by atoms with Gasteiger partial charge >= 0.3 is 12.1 Å². The first-order chi connectivity index (χ1) is 15.6. The van der Waals surface area contributed by atoms with Gasteiger partial charge in [-0.25, -0.2) is 19.6 Å². The van der Waals surface area contributed by atoms with Crippen molar-refractivity contribution in [3.8, 4) is 11.3 Å². The van der Waals surface area contributed by atoms with E-state index in [1.165, 1.54) is 7.11 Å². The molecule has 178 valence electrons. The Hall–Kier alpha value is -3.50. The monoisotopic (exact) mass is 458 g/mol. The van der Waals surface area contributed by atoms with Crippen molar-refractivity contribution in [2.45, 2.75) is 64.1 Å². The molecule has 2 atom stereocenters. The van der Waals surface area contributed by atoms with Gasteiger partial charge in [0, 0.05) is 24.8 Å². The van der Waals surface area contributed by atoms with Gasteiger partial charge in [0.1, 0.15) is 16.9 Å². The normalized spacial score (nSPS) is 18.3. The molecule has 0 unspecified atom stereocenters. The van der Waals surface area contributed by atoms with E-state index in [-0.39, 0.29) is 35.0 Å². The average Bonchev–Trinajstić information content (AvgIpc) is 3.18. The van der Waals surface area contributed by atoms with E-state index in [0.717, 1.165) is 25.7 Å². The number of aldehydes is 1. The third-order valence-electron chi connectivity index (χ3n) is 5.20. The van der Waals surface area contributed by atoms with Gasteiger partial charge in [-0.2, -0.15) is 5.10 Å². The molecule has 2 aromatic heterocycles. The van der Waals surface area contributed by atoms with Crippen LogP contribution in [0.25, 0.3) is 11.3 Å². The summed E-state index contributed by atoms with van der Waals surface area (Å²) in [4.78, 5) is 45.3. The van der Waals surface area contributed by atoms with Gasteiger partial charge in [0.05, 0.1) is 25.0 Å². The number of hydrogen-bond acceptors (Lipinski definition) is 9. The number of ether oxygens (including phenoxy) is 2. The van der Waals surface area contributed by atoms with Crippen LogP contribution < -0.4 is 10.6 Å². The fourth-order valence-electron chi connectivity index (χ4n) is 3.78. The molecule has 11 heteroatoms. The molecule has 0 saturated heterocycles. The van der Waals surface area contributed by atoms with Gasteiger partial charge in [-0.3, -0.25) is 9.48 Å². The minimum atomic E-state index is -0.718. The van der Waals surface area contributed by atoms with Crippen molar-refractivity contribution in [1.29, 1.82) is 0 Å². The molecule has 2 heterocycles. The highest BCUT2D eigenvalue weighted by atomic mass is 16.6. The van der Waals surface area contributed by atoms with E-state index in [2.05, 4.69) is 25.7 Å². The molecule has 0 aliphatic heterocycles. The zero-order valence-corrected chi connectivity index (χ0v) is 19.5. The number of esters is 1. The highest BCUT2D eigenvalue weighted by Crippen LogP contribution is 2.27. The predicted molar refractivity (Wildman–Crippen MR) is 120 cm³/mol. The van der Waals surface area contributed by atoms with Crippen molar-refractivity contribution in [1.82, 2.24) is 25.1 Å². The van der Waals surface area contributed by atoms with Crippen LogP contribution in [-0.2, 0) is 16.5 Å². The lowest BCUT2D eigenvalue weighted by atomic mass is 9.90. The summed E-state index contributed by atoms with van der Waals surface area (Å²) in [5, 5.41) is 10.3. The number of nitrogens with zero attached hydrogens (tertiary/aromatic N) is 4. The SMILES string of the molecule is COC(=O)c1c(C=O)nc(N[C@@H]2CCCC[C@H]2NC(=O)OC(C)(C)C)nc1-c1cnn(C)c1. The second-order valence-corrected chi connectivity index (χ2v) is 8.96. The molecule has 0 radical (unpaired) electrons. The van der Waals surface area contributed by atoms with Gasteiger partial charge < -0.3 is 20.1 Å². The molecule has 1 fully saturated rings. The number of carbonyl (C=O) groups excluding carboxylic acids is 3. The number of alkyl carbamates (subject to hydrolysis) is 1. The van der Waals surface area contributed by atoms with Crippen molar-refractivity contribution >= 4 is 24.3 Å². The van der Waals surface area contributed by atoms with Crippen molar-refractivity contribution in [3.63, 3.8) is 0 Å². The third kappa shape index (κ3) is 6.05. The van der Waals surface area contributed by atoms with Crippen molar-refractivity contribution in [2.75, 3.05) is 12.4 Å². The number of amides is 1. The van der Waals surface area contributed by atoms with Crippen LogP contribution in [0.5, 0.6) is 0 Å². The molecule has 1 aliphatic carbocycles. The van der Waals surface area contributed by atoms with E-state index in [9.17, 15) is 14.4 Å². The van der Waals surface area contributed by atoms with E-state index in [1.807, 2.05) is 0 Å². The summed E-state index contributed by atoms with van der Waals surface area (Å²) < 4.78 is 11.8. The zero-order chi connectivity index (χ0) is 24.2. The third-order valence-corrected chi connectivity index (χ3v) is 5.20. The molecule has 3 rings (SSSR count). The first-order valence-corrected chi connectivity index (χ1v) is 10.8. The number of aryl methyl sites for hydroxylation is 1. The van der Waals surface area contributed by atoms with Gasteiger partial charge in [0.25, 0.3) is 0 Å². The number of nitrogens with one attached hydrogen (secondary N) is 2.